The van der Waals surface area contributed by atoms with E-state index in [1.807, 2.05) is 27.7 Å². The van der Waals surface area contributed by atoms with Crippen molar-refractivity contribution in [3.8, 4) is 0 Å². The summed E-state index contributed by atoms with van der Waals surface area (Å²) in [7, 11) is 0. The van der Waals surface area contributed by atoms with Crippen LogP contribution >= 0.6 is 0 Å². The van der Waals surface area contributed by atoms with E-state index in [2.05, 4.69) is 20.2 Å². The van der Waals surface area contributed by atoms with Crippen LogP contribution in [0.5, 0.6) is 0 Å². The number of hydrogen-bond donors (Lipinski definition) is 0. The molecule has 0 aromatic carbocycles. The van der Waals surface area contributed by atoms with E-state index in [1.165, 1.54) is 0 Å². The predicted octanol–water partition coefficient (Wildman–Crippen LogP) is 1.60. The third-order valence-electron chi connectivity index (χ3n) is 1.27. The minimum absolute atomic E-state index is 0.612. The first kappa shape index (κ1) is 8.77. The van der Waals surface area contributed by atoms with E-state index in [-0.39, 0.29) is 0 Å². The van der Waals surface area contributed by atoms with E-state index in [4.69, 9.17) is 0 Å². The number of aliphatic imine (C=N–C) groups is 1. The number of aromatic nitrogens is 3. The highest BCUT2D eigenvalue weighted by Crippen LogP contribution is 2.10. The fourth-order valence-corrected chi connectivity index (χ4v) is 0.822. The second-order valence-corrected chi connectivity index (χ2v) is 2.83. The van der Waals surface area contributed by atoms with Gasteiger partial charge in [-0.25, -0.2) is 9.98 Å². The van der Waals surface area contributed by atoms with Crippen molar-refractivity contribution in [1.29, 1.82) is 0 Å². The van der Waals surface area contributed by atoms with Crippen molar-refractivity contribution >= 4 is 11.5 Å². The topological polar surface area (TPSA) is 51.0 Å². The molecular formula is C8H12N4. The van der Waals surface area contributed by atoms with Crippen LogP contribution in [-0.4, -0.2) is 20.9 Å². The Kier molecular flexibility index (Phi) is 2.47. The SMILES string of the molecule is CC(C)=Nc1nnc(C)nc1C. The van der Waals surface area contributed by atoms with Crippen LogP contribution in [-0.2, 0) is 0 Å². The largest absolute Gasteiger partial charge is 0.236 e. The second-order valence-electron chi connectivity index (χ2n) is 2.83. The second kappa shape index (κ2) is 3.38. The molecule has 0 atom stereocenters. The highest BCUT2D eigenvalue weighted by Gasteiger charge is 1.99. The number of nitrogens with zero attached hydrogens (tertiary/aromatic N) is 4. The van der Waals surface area contributed by atoms with Crippen molar-refractivity contribution in [3.05, 3.63) is 11.5 Å². The molecule has 4 nitrogen and oxygen atoms in total. The normalized spacial score (nSPS) is 9.67. The molecule has 0 N–H and O–H groups in total. The van der Waals surface area contributed by atoms with Crippen LogP contribution in [0.2, 0.25) is 0 Å². The van der Waals surface area contributed by atoms with E-state index < -0.39 is 0 Å². The molecule has 0 bridgehead atoms. The molecule has 0 aliphatic heterocycles. The summed E-state index contributed by atoms with van der Waals surface area (Å²) < 4.78 is 0. The van der Waals surface area contributed by atoms with Gasteiger partial charge in [0.2, 0.25) is 0 Å². The van der Waals surface area contributed by atoms with E-state index in [9.17, 15) is 0 Å². The van der Waals surface area contributed by atoms with Gasteiger partial charge >= 0.3 is 0 Å². The first-order valence-corrected chi connectivity index (χ1v) is 3.79. The van der Waals surface area contributed by atoms with Gasteiger partial charge in [0.05, 0.1) is 5.69 Å². The van der Waals surface area contributed by atoms with Crippen molar-refractivity contribution in [1.82, 2.24) is 15.2 Å². The van der Waals surface area contributed by atoms with Gasteiger partial charge in [0, 0.05) is 5.71 Å². The highest BCUT2D eigenvalue weighted by atomic mass is 15.2. The molecule has 64 valence electrons. The van der Waals surface area contributed by atoms with Gasteiger partial charge in [-0.2, -0.15) is 0 Å². The van der Waals surface area contributed by atoms with Gasteiger partial charge in [0.15, 0.2) is 5.82 Å². The smallest absolute Gasteiger partial charge is 0.195 e. The van der Waals surface area contributed by atoms with E-state index in [0.717, 1.165) is 11.4 Å². The van der Waals surface area contributed by atoms with Crippen LogP contribution in [0.15, 0.2) is 4.99 Å². The Morgan fingerprint density at radius 3 is 2.33 bits per heavy atom. The Balaban J connectivity index is 3.10. The molecule has 12 heavy (non-hydrogen) atoms. The molecule has 0 amide bonds. The maximum Gasteiger partial charge on any atom is 0.195 e. The van der Waals surface area contributed by atoms with E-state index >= 15 is 0 Å². The lowest BCUT2D eigenvalue weighted by Gasteiger charge is -1.97. The standard InChI is InChI=1S/C8H12N4/c1-5(2)9-8-6(3)10-7(4)11-12-8/h1-4H3. The van der Waals surface area contributed by atoms with Crippen molar-refractivity contribution in [2.75, 3.05) is 0 Å². The van der Waals surface area contributed by atoms with Crippen molar-refractivity contribution < 1.29 is 0 Å². The summed E-state index contributed by atoms with van der Waals surface area (Å²) in [5, 5.41) is 7.74. The molecular weight excluding hydrogens is 152 g/mol. The number of hydrogen-bond acceptors (Lipinski definition) is 4. The molecule has 0 aliphatic rings. The fourth-order valence-electron chi connectivity index (χ4n) is 0.822. The first-order valence-electron chi connectivity index (χ1n) is 3.79. The Morgan fingerprint density at radius 1 is 1.17 bits per heavy atom. The first-order chi connectivity index (χ1) is 5.59. The molecule has 1 rings (SSSR count). The molecule has 0 aliphatic carbocycles. The summed E-state index contributed by atoms with van der Waals surface area (Å²) in [5.74, 6) is 1.29. The van der Waals surface area contributed by atoms with Gasteiger partial charge < -0.3 is 0 Å². The van der Waals surface area contributed by atoms with Gasteiger partial charge in [0.25, 0.3) is 0 Å². The Morgan fingerprint density at radius 2 is 1.83 bits per heavy atom. The van der Waals surface area contributed by atoms with Gasteiger partial charge in [-0.05, 0) is 27.7 Å². The van der Waals surface area contributed by atoms with Crippen LogP contribution in [0.4, 0.5) is 5.82 Å². The third-order valence-corrected chi connectivity index (χ3v) is 1.27. The molecule has 1 heterocycles. The lowest BCUT2D eigenvalue weighted by Crippen LogP contribution is -1.95. The predicted molar refractivity (Wildman–Crippen MR) is 47.7 cm³/mol. The highest BCUT2D eigenvalue weighted by molar-refractivity contribution is 5.81. The Labute approximate surface area is 71.8 Å². The van der Waals surface area contributed by atoms with Gasteiger partial charge in [-0.15, -0.1) is 10.2 Å². The molecule has 0 saturated heterocycles. The van der Waals surface area contributed by atoms with Crippen LogP contribution in [0, 0.1) is 13.8 Å². The lowest BCUT2D eigenvalue weighted by molar-refractivity contribution is 0.881. The van der Waals surface area contributed by atoms with Crippen LogP contribution in [0.25, 0.3) is 0 Å². The Bertz CT molecular complexity index is 313. The fraction of sp³-hybridized carbons (Fsp3) is 0.500. The van der Waals surface area contributed by atoms with Crippen LogP contribution in [0.1, 0.15) is 25.4 Å². The molecule has 0 spiro atoms. The maximum atomic E-state index is 4.18. The number of aryl methyl sites for hydroxylation is 2. The summed E-state index contributed by atoms with van der Waals surface area (Å²) in [6.45, 7) is 7.53. The zero-order valence-electron chi connectivity index (χ0n) is 7.79. The third kappa shape index (κ3) is 2.08. The van der Waals surface area contributed by atoms with Crippen molar-refractivity contribution in [2.45, 2.75) is 27.7 Å². The summed E-state index contributed by atoms with van der Waals surface area (Å²) in [4.78, 5) is 8.33. The number of rotatable bonds is 1. The van der Waals surface area contributed by atoms with Crippen LogP contribution in [0.3, 0.4) is 0 Å². The van der Waals surface area contributed by atoms with Gasteiger partial charge in [0.1, 0.15) is 5.82 Å². The van der Waals surface area contributed by atoms with Crippen molar-refractivity contribution in [2.24, 2.45) is 4.99 Å². The minimum atomic E-state index is 0.612. The summed E-state index contributed by atoms with van der Waals surface area (Å²) in [5.41, 5.74) is 1.78. The lowest BCUT2D eigenvalue weighted by atomic mass is 10.4. The molecule has 1 aromatic heterocycles. The average Bonchev–Trinajstić information content (AvgIpc) is 1.94. The molecule has 0 fully saturated rings. The van der Waals surface area contributed by atoms with Gasteiger partial charge in [-0.3, -0.25) is 0 Å². The quantitative estimate of drug-likeness (QED) is 0.592. The monoisotopic (exact) mass is 164 g/mol. The Hall–Kier alpha value is -1.32. The van der Waals surface area contributed by atoms with Crippen molar-refractivity contribution in [3.63, 3.8) is 0 Å². The summed E-state index contributed by atoms with van der Waals surface area (Å²) >= 11 is 0. The molecule has 0 unspecified atom stereocenters. The molecule has 1 aromatic rings. The zero-order chi connectivity index (χ0) is 9.14. The maximum absolute atomic E-state index is 4.18. The molecule has 0 radical (unpaired) electrons. The summed E-state index contributed by atoms with van der Waals surface area (Å²) in [6, 6.07) is 0. The van der Waals surface area contributed by atoms with E-state index in [0.29, 0.717) is 11.6 Å². The molecule has 4 heteroatoms. The van der Waals surface area contributed by atoms with Crippen LogP contribution < -0.4 is 0 Å². The molecule has 0 saturated carbocycles. The summed E-state index contributed by atoms with van der Waals surface area (Å²) in [6.07, 6.45) is 0. The zero-order valence-corrected chi connectivity index (χ0v) is 7.79. The minimum Gasteiger partial charge on any atom is -0.236 e. The van der Waals surface area contributed by atoms with E-state index in [1.54, 1.807) is 0 Å². The van der Waals surface area contributed by atoms with Gasteiger partial charge in [-0.1, -0.05) is 0 Å². The average molecular weight is 164 g/mol.